The smallest absolute Gasteiger partial charge is 0.408 e. The molecule has 0 radical (unpaired) electrons. The van der Waals surface area contributed by atoms with Gasteiger partial charge in [0.25, 0.3) is 0 Å². The van der Waals surface area contributed by atoms with Crippen LogP contribution in [0.5, 0.6) is 0 Å². The summed E-state index contributed by atoms with van der Waals surface area (Å²) in [6.07, 6.45) is 4.29. The number of halogens is 2. The minimum absolute atomic E-state index is 0.215. The molecule has 0 saturated carbocycles. The third kappa shape index (κ3) is 4.59. The summed E-state index contributed by atoms with van der Waals surface area (Å²) >= 11 is 17.5. The zero-order valence-electron chi connectivity index (χ0n) is 25.2. The van der Waals surface area contributed by atoms with E-state index < -0.39 is 17.3 Å². The van der Waals surface area contributed by atoms with Crippen LogP contribution in [-0.2, 0) is 14.1 Å². The van der Waals surface area contributed by atoms with E-state index in [0.29, 0.717) is 43.4 Å². The van der Waals surface area contributed by atoms with Crippen LogP contribution < -0.4 is 21.3 Å². The molecule has 4 saturated heterocycles. The Kier molecular flexibility index (Phi) is 7.36. The van der Waals surface area contributed by atoms with Crippen LogP contribution >= 0.6 is 36.0 Å². The molecule has 4 aliphatic heterocycles. The average Bonchev–Trinajstić information content (AvgIpc) is 3.66. The van der Waals surface area contributed by atoms with Gasteiger partial charge < -0.3 is 8.83 Å². The molecule has 240 valence electrons. The van der Waals surface area contributed by atoms with Gasteiger partial charge in [-0.05, 0) is 62.3 Å². The summed E-state index contributed by atoms with van der Waals surface area (Å²) in [7, 11) is 3.25. The predicted molar refractivity (Wildman–Crippen MR) is 182 cm³/mol. The number of aromatic nitrogens is 2. The molecule has 4 fully saturated rings. The molecule has 0 unspecified atom stereocenters. The van der Waals surface area contributed by atoms with E-state index in [1.54, 1.807) is 31.1 Å². The number of oxazole rings is 2. The Labute approximate surface area is 278 Å². The molecule has 0 N–H and O–H groups in total. The number of aryl methyl sites for hydroxylation is 2. The number of fused-ring (bicyclic) bond motifs is 4. The largest absolute Gasteiger partial charge is 0.419 e. The molecule has 16 heteroatoms. The second-order valence-electron chi connectivity index (χ2n) is 11.4. The first-order valence-corrected chi connectivity index (χ1v) is 15.9. The maximum Gasteiger partial charge on any atom is 0.419 e. The van der Waals surface area contributed by atoms with Crippen LogP contribution in [0.1, 0.15) is 25.7 Å². The van der Waals surface area contributed by atoms with Crippen LogP contribution in [0, 0.1) is 5.82 Å². The van der Waals surface area contributed by atoms with Crippen molar-refractivity contribution >= 4 is 79.8 Å². The van der Waals surface area contributed by atoms with E-state index in [-0.39, 0.29) is 11.3 Å². The first-order chi connectivity index (χ1) is 22.0. The van der Waals surface area contributed by atoms with Gasteiger partial charge in [-0.25, -0.2) is 14.0 Å². The molecule has 4 aromatic rings. The average molecular weight is 685 g/mol. The monoisotopic (exact) mass is 684 g/mol. The van der Waals surface area contributed by atoms with Crippen molar-refractivity contribution in [1.82, 2.24) is 29.2 Å². The van der Waals surface area contributed by atoms with Gasteiger partial charge in [0.15, 0.2) is 17.0 Å². The van der Waals surface area contributed by atoms with E-state index in [4.69, 9.17) is 44.9 Å². The summed E-state index contributed by atoms with van der Waals surface area (Å²) in [5.41, 5.74) is 2.84. The van der Waals surface area contributed by atoms with Gasteiger partial charge in [-0.2, -0.15) is 0 Å². The highest BCUT2D eigenvalue weighted by atomic mass is 35.5. The van der Waals surface area contributed by atoms with Crippen molar-refractivity contribution < 1.29 is 13.2 Å². The quantitative estimate of drug-likeness (QED) is 0.271. The third-order valence-corrected chi connectivity index (χ3v) is 9.79. The van der Waals surface area contributed by atoms with Crippen molar-refractivity contribution in [2.75, 3.05) is 36.0 Å². The lowest BCUT2D eigenvalue weighted by Crippen LogP contribution is -2.42. The zero-order valence-corrected chi connectivity index (χ0v) is 27.6. The highest BCUT2D eigenvalue weighted by Gasteiger charge is 2.40. The Morgan fingerprint density at radius 2 is 1.11 bits per heavy atom. The van der Waals surface area contributed by atoms with Gasteiger partial charge in [0, 0.05) is 52.4 Å². The summed E-state index contributed by atoms with van der Waals surface area (Å²) in [6.45, 7) is 11.6. The van der Waals surface area contributed by atoms with E-state index in [1.165, 1.54) is 15.2 Å². The first-order valence-electron chi connectivity index (χ1n) is 14.7. The van der Waals surface area contributed by atoms with Crippen LogP contribution in [0.2, 0.25) is 5.02 Å². The molecule has 0 atom stereocenters. The standard InChI is InChI=1S/C15H15ClN4O2S.C15H15FN4O2S/c2*1-9-18-5-3-4-6-19(18)14(23)20(9)11-8-12-13(7-10(11)16)22-15(21)17(12)2/h2*7-8H,1,3-6H2,2H3. The van der Waals surface area contributed by atoms with Crippen molar-refractivity contribution in [3.8, 4) is 0 Å². The van der Waals surface area contributed by atoms with Crippen molar-refractivity contribution in [3.05, 3.63) is 81.0 Å². The Morgan fingerprint density at radius 1 is 0.696 bits per heavy atom. The highest BCUT2D eigenvalue weighted by Crippen LogP contribution is 2.39. The summed E-state index contributed by atoms with van der Waals surface area (Å²) in [5.74, 6) is -0.0416. The minimum Gasteiger partial charge on any atom is -0.408 e. The van der Waals surface area contributed by atoms with E-state index in [9.17, 15) is 14.0 Å². The predicted octanol–water partition coefficient (Wildman–Crippen LogP) is 4.83. The molecule has 12 nitrogen and oxygen atoms in total. The van der Waals surface area contributed by atoms with Crippen LogP contribution in [0.15, 0.2) is 67.5 Å². The van der Waals surface area contributed by atoms with Gasteiger partial charge in [-0.3, -0.25) is 39.0 Å². The number of thiocarbonyl (C=S) groups is 2. The maximum absolute atomic E-state index is 14.6. The van der Waals surface area contributed by atoms with Gasteiger partial charge in [0.1, 0.15) is 11.6 Å². The Bertz CT molecular complexity index is 1910. The molecule has 0 bridgehead atoms. The van der Waals surface area contributed by atoms with Gasteiger partial charge in [0.05, 0.1) is 27.4 Å². The van der Waals surface area contributed by atoms with E-state index in [1.807, 2.05) is 21.0 Å². The van der Waals surface area contributed by atoms with Crippen molar-refractivity contribution in [2.24, 2.45) is 14.1 Å². The third-order valence-electron chi connectivity index (χ3n) is 8.70. The lowest BCUT2D eigenvalue weighted by atomic mass is 10.2. The molecule has 6 heterocycles. The summed E-state index contributed by atoms with van der Waals surface area (Å²) in [4.78, 5) is 26.8. The molecule has 8 rings (SSSR count). The molecule has 0 amide bonds. The topological polar surface area (TPSA) is 89.7 Å². The SMILES string of the molecule is C=C1N(c2cc3c(cc2Cl)oc(=O)n3C)C(=S)N2CCCCN12.C=C1N(c2cc3c(cc2F)oc(=O)n3C)C(=S)N2CCCCN12. The van der Waals surface area contributed by atoms with E-state index in [0.717, 1.165) is 57.7 Å². The van der Waals surface area contributed by atoms with Gasteiger partial charge in [-0.15, -0.1) is 0 Å². The van der Waals surface area contributed by atoms with Crippen LogP contribution in [-0.4, -0.2) is 65.6 Å². The highest BCUT2D eigenvalue weighted by molar-refractivity contribution is 7.80. The molecule has 2 aromatic heterocycles. The number of hydrogen-bond donors (Lipinski definition) is 0. The van der Waals surface area contributed by atoms with Crippen molar-refractivity contribution in [1.29, 1.82) is 0 Å². The fraction of sp³-hybridized carbons (Fsp3) is 0.333. The molecular formula is C30H30ClFN8O4S2. The Balaban J connectivity index is 0.000000147. The van der Waals surface area contributed by atoms with Crippen molar-refractivity contribution in [3.63, 3.8) is 0 Å². The Morgan fingerprint density at radius 3 is 1.59 bits per heavy atom. The molecule has 4 aliphatic rings. The number of hydrazine groups is 2. The van der Waals surface area contributed by atoms with Crippen molar-refractivity contribution in [2.45, 2.75) is 25.7 Å². The second-order valence-corrected chi connectivity index (χ2v) is 12.5. The van der Waals surface area contributed by atoms with Gasteiger partial charge in [0.2, 0.25) is 10.2 Å². The zero-order chi connectivity index (χ0) is 32.6. The number of benzene rings is 2. The summed E-state index contributed by atoms with van der Waals surface area (Å²) in [5, 5.41) is 9.68. The minimum atomic E-state index is -0.527. The second kappa shape index (κ2) is 11.2. The number of nitrogens with zero attached hydrogens (tertiary/aromatic N) is 8. The normalized spacial score (nSPS) is 18.3. The van der Waals surface area contributed by atoms with Crippen LogP contribution in [0.4, 0.5) is 15.8 Å². The fourth-order valence-electron chi connectivity index (χ4n) is 6.25. The lowest BCUT2D eigenvalue weighted by Gasteiger charge is -2.33. The van der Waals surface area contributed by atoms with Crippen LogP contribution in [0.25, 0.3) is 22.2 Å². The first kappa shape index (κ1) is 30.3. The molecule has 2 aromatic carbocycles. The van der Waals surface area contributed by atoms with Crippen LogP contribution in [0.3, 0.4) is 0 Å². The van der Waals surface area contributed by atoms with E-state index in [2.05, 4.69) is 23.2 Å². The van der Waals surface area contributed by atoms with E-state index >= 15 is 0 Å². The number of anilines is 2. The summed E-state index contributed by atoms with van der Waals surface area (Å²) < 4.78 is 27.6. The fourth-order valence-corrected chi connectivity index (χ4v) is 7.27. The maximum atomic E-state index is 14.6. The molecule has 46 heavy (non-hydrogen) atoms. The molecule has 0 spiro atoms. The molecule has 0 aliphatic carbocycles. The summed E-state index contributed by atoms with van der Waals surface area (Å²) in [6, 6.07) is 6.26. The van der Waals surface area contributed by atoms with Gasteiger partial charge >= 0.3 is 11.5 Å². The number of hydrogen-bond acceptors (Lipinski definition) is 8. The number of rotatable bonds is 2. The van der Waals surface area contributed by atoms with Gasteiger partial charge in [-0.1, -0.05) is 24.8 Å². The molecular weight excluding hydrogens is 655 g/mol. The lowest BCUT2D eigenvalue weighted by molar-refractivity contribution is 0.0757. The Hall–Kier alpha value is -4.34.